The van der Waals surface area contributed by atoms with E-state index in [0.717, 1.165) is 12.3 Å². The maximum atomic E-state index is 5.42. The molecule has 1 aliphatic carbocycles. The van der Waals surface area contributed by atoms with Crippen LogP contribution in [0.2, 0.25) is 0 Å². The van der Waals surface area contributed by atoms with Crippen LogP contribution in [0.1, 0.15) is 46.0 Å². The van der Waals surface area contributed by atoms with Crippen LogP contribution in [0.25, 0.3) is 0 Å². The van der Waals surface area contributed by atoms with E-state index >= 15 is 0 Å². The van der Waals surface area contributed by atoms with Gasteiger partial charge in [0.15, 0.2) is 0 Å². The van der Waals surface area contributed by atoms with Crippen molar-refractivity contribution in [3.63, 3.8) is 0 Å². The Morgan fingerprint density at radius 2 is 2.00 bits per heavy atom. The molecule has 1 aliphatic rings. The fraction of sp³-hybridized carbons (Fsp3) is 0.833. The summed E-state index contributed by atoms with van der Waals surface area (Å²) < 4.78 is 0. The monoisotopic (exact) mass is 179 g/mol. The van der Waals surface area contributed by atoms with Crippen molar-refractivity contribution in [2.45, 2.75) is 58.0 Å². The standard InChI is InChI=1S/C12H21N/c1-4-11(5-2)13-12-8-6-10(3)7-9-12/h1,10-13H,5-9H2,2-3H3. The second kappa shape index (κ2) is 5.29. The van der Waals surface area contributed by atoms with Gasteiger partial charge >= 0.3 is 0 Å². The molecule has 0 heterocycles. The van der Waals surface area contributed by atoms with Crippen LogP contribution in [-0.4, -0.2) is 12.1 Å². The summed E-state index contributed by atoms with van der Waals surface area (Å²) in [7, 11) is 0. The smallest absolute Gasteiger partial charge is 0.0686 e. The minimum absolute atomic E-state index is 0.290. The van der Waals surface area contributed by atoms with Crippen LogP contribution in [0.4, 0.5) is 0 Å². The fourth-order valence-electron chi connectivity index (χ4n) is 2.00. The molecule has 1 unspecified atom stereocenters. The van der Waals surface area contributed by atoms with Crippen LogP contribution < -0.4 is 5.32 Å². The highest BCUT2D eigenvalue weighted by molar-refractivity contribution is 4.99. The van der Waals surface area contributed by atoms with Gasteiger partial charge < -0.3 is 5.32 Å². The summed E-state index contributed by atoms with van der Waals surface area (Å²) in [5.74, 6) is 3.72. The molecule has 0 aromatic rings. The Balaban J connectivity index is 2.26. The largest absolute Gasteiger partial charge is 0.301 e. The van der Waals surface area contributed by atoms with Gasteiger partial charge in [-0.25, -0.2) is 0 Å². The summed E-state index contributed by atoms with van der Waals surface area (Å²) in [5, 5.41) is 3.54. The van der Waals surface area contributed by atoms with Crippen molar-refractivity contribution >= 4 is 0 Å². The van der Waals surface area contributed by atoms with E-state index in [-0.39, 0.29) is 0 Å². The summed E-state index contributed by atoms with van der Waals surface area (Å²) in [6, 6.07) is 0.968. The SMILES string of the molecule is C#CC(CC)NC1CCC(C)CC1. The minimum Gasteiger partial charge on any atom is -0.301 e. The maximum absolute atomic E-state index is 5.42. The van der Waals surface area contributed by atoms with E-state index in [0.29, 0.717) is 12.1 Å². The average Bonchev–Trinajstić information content (AvgIpc) is 2.17. The number of rotatable bonds is 3. The molecule has 0 spiro atoms. The van der Waals surface area contributed by atoms with Gasteiger partial charge in [0.05, 0.1) is 6.04 Å². The highest BCUT2D eigenvalue weighted by Gasteiger charge is 2.19. The highest BCUT2D eigenvalue weighted by atomic mass is 14.9. The van der Waals surface area contributed by atoms with Crippen LogP contribution in [-0.2, 0) is 0 Å². The number of terminal acetylenes is 1. The Morgan fingerprint density at radius 3 is 2.46 bits per heavy atom. The molecule has 1 rings (SSSR count). The molecular formula is C12H21N. The zero-order valence-corrected chi connectivity index (χ0v) is 8.84. The van der Waals surface area contributed by atoms with E-state index in [1.54, 1.807) is 0 Å². The van der Waals surface area contributed by atoms with Crippen LogP contribution in [0, 0.1) is 18.3 Å². The summed E-state index contributed by atoms with van der Waals surface area (Å²) in [6.45, 7) is 4.48. The van der Waals surface area contributed by atoms with Gasteiger partial charge in [0.25, 0.3) is 0 Å². The molecule has 0 aliphatic heterocycles. The van der Waals surface area contributed by atoms with Crippen molar-refractivity contribution < 1.29 is 0 Å². The highest BCUT2D eigenvalue weighted by Crippen LogP contribution is 2.23. The number of nitrogens with one attached hydrogen (secondary N) is 1. The van der Waals surface area contributed by atoms with Gasteiger partial charge in [0.1, 0.15) is 0 Å². The van der Waals surface area contributed by atoms with Crippen molar-refractivity contribution in [2.75, 3.05) is 0 Å². The Hall–Kier alpha value is -0.480. The van der Waals surface area contributed by atoms with E-state index in [1.807, 2.05) is 0 Å². The number of hydrogen-bond donors (Lipinski definition) is 1. The van der Waals surface area contributed by atoms with Gasteiger partial charge in [-0.2, -0.15) is 0 Å². The molecule has 0 amide bonds. The summed E-state index contributed by atoms with van der Waals surface area (Å²) >= 11 is 0. The Morgan fingerprint density at radius 1 is 1.38 bits per heavy atom. The number of hydrogen-bond acceptors (Lipinski definition) is 1. The molecule has 1 nitrogen and oxygen atoms in total. The fourth-order valence-corrected chi connectivity index (χ4v) is 2.00. The van der Waals surface area contributed by atoms with E-state index in [4.69, 9.17) is 6.42 Å². The lowest BCUT2D eigenvalue weighted by molar-refractivity contribution is 0.297. The van der Waals surface area contributed by atoms with Crippen molar-refractivity contribution in [1.82, 2.24) is 5.32 Å². The van der Waals surface area contributed by atoms with Crippen molar-refractivity contribution in [3.8, 4) is 12.3 Å². The molecule has 1 atom stereocenters. The van der Waals surface area contributed by atoms with Crippen LogP contribution >= 0.6 is 0 Å². The molecule has 0 radical (unpaired) electrons. The Kier molecular flexibility index (Phi) is 4.32. The van der Waals surface area contributed by atoms with E-state index in [2.05, 4.69) is 25.1 Å². The predicted molar refractivity (Wildman–Crippen MR) is 57.5 cm³/mol. The van der Waals surface area contributed by atoms with Gasteiger partial charge in [-0.1, -0.05) is 19.8 Å². The lowest BCUT2D eigenvalue weighted by Gasteiger charge is -2.28. The summed E-state index contributed by atoms with van der Waals surface area (Å²) in [6.07, 6.45) is 11.8. The van der Waals surface area contributed by atoms with Crippen molar-refractivity contribution in [1.29, 1.82) is 0 Å². The first-order valence-electron chi connectivity index (χ1n) is 5.48. The van der Waals surface area contributed by atoms with Crippen molar-refractivity contribution in [3.05, 3.63) is 0 Å². The molecule has 13 heavy (non-hydrogen) atoms. The van der Waals surface area contributed by atoms with E-state index in [1.165, 1.54) is 25.7 Å². The van der Waals surface area contributed by atoms with Gasteiger partial charge in [0.2, 0.25) is 0 Å². The lowest BCUT2D eigenvalue weighted by atomic mass is 9.87. The van der Waals surface area contributed by atoms with Gasteiger partial charge in [0, 0.05) is 6.04 Å². The quantitative estimate of drug-likeness (QED) is 0.657. The molecule has 0 saturated heterocycles. The zero-order chi connectivity index (χ0) is 9.68. The molecule has 1 fully saturated rings. The average molecular weight is 179 g/mol. The van der Waals surface area contributed by atoms with E-state index < -0.39 is 0 Å². The molecular weight excluding hydrogens is 158 g/mol. The normalized spacial score (nSPS) is 30.8. The first-order chi connectivity index (χ1) is 6.26. The second-order valence-corrected chi connectivity index (χ2v) is 4.25. The third kappa shape index (κ3) is 3.40. The Bertz CT molecular complexity index is 172. The Labute approximate surface area is 82.3 Å². The van der Waals surface area contributed by atoms with Crippen molar-refractivity contribution in [2.24, 2.45) is 5.92 Å². The second-order valence-electron chi connectivity index (χ2n) is 4.25. The molecule has 0 aromatic heterocycles. The first-order valence-corrected chi connectivity index (χ1v) is 5.48. The minimum atomic E-state index is 0.290. The lowest BCUT2D eigenvalue weighted by Crippen LogP contribution is -2.39. The molecule has 0 aromatic carbocycles. The van der Waals surface area contributed by atoms with Gasteiger partial charge in [-0.3, -0.25) is 0 Å². The van der Waals surface area contributed by atoms with Crippen LogP contribution in [0.5, 0.6) is 0 Å². The zero-order valence-electron chi connectivity index (χ0n) is 8.84. The maximum Gasteiger partial charge on any atom is 0.0686 e. The molecule has 1 saturated carbocycles. The first kappa shape index (κ1) is 10.6. The molecule has 1 heteroatoms. The molecule has 1 N–H and O–H groups in total. The predicted octanol–water partition coefficient (Wildman–Crippen LogP) is 2.57. The summed E-state index contributed by atoms with van der Waals surface area (Å²) in [5.41, 5.74) is 0. The molecule has 74 valence electrons. The van der Waals surface area contributed by atoms with Crippen LogP contribution in [0.3, 0.4) is 0 Å². The van der Waals surface area contributed by atoms with Gasteiger partial charge in [-0.15, -0.1) is 6.42 Å². The van der Waals surface area contributed by atoms with E-state index in [9.17, 15) is 0 Å². The molecule has 0 bridgehead atoms. The summed E-state index contributed by atoms with van der Waals surface area (Å²) in [4.78, 5) is 0. The third-order valence-corrected chi connectivity index (χ3v) is 3.06. The topological polar surface area (TPSA) is 12.0 Å². The third-order valence-electron chi connectivity index (χ3n) is 3.06. The van der Waals surface area contributed by atoms with Gasteiger partial charge in [-0.05, 0) is 38.0 Å². The van der Waals surface area contributed by atoms with Crippen LogP contribution in [0.15, 0.2) is 0 Å².